The summed E-state index contributed by atoms with van der Waals surface area (Å²) >= 11 is 0. The largest absolute Gasteiger partial charge is 0.338 e. The number of nitrogens with one attached hydrogen (secondary N) is 1. The van der Waals surface area contributed by atoms with Gasteiger partial charge in [0.2, 0.25) is 0 Å². The fraction of sp³-hybridized carbons (Fsp3) is 0.500. The molecule has 2 atom stereocenters. The normalized spacial score (nSPS) is 25.4. The monoisotopic (exact) mass is 256 g/mol. The molecule has 0 bridgehead atoms. The van der Waals surface area contributed by atoms with Gasteiger partial charge in [0.15, 0.2) is 5.65 Å². The Labute approximate surface area is 111 Å². The van der Waals surface area contributed by atoms with E-state index in [0.29, 0.717) is 11.2 Å². The van der Waals surface area contributed by atoms with Crippen LogP contribution in [0.1, 0.15) is 28.9 Å². The number of carbonyl (C=O) groups is 1. The first-order valence-corrected chi connectivity index (χ1v) is 6.82. The van der Waals surface area contributed by atoms with E-state index in [1.165, 1.54) is 12.8 Å². The van der Waals surface area contributed by atoms with Crippen molar-refractivity contribution in [2.24, 2.45) is 11.8 Å². The first-order valence-electron chi connectivity index (χ1n) is 6.82. The maximum Gasteiger partial charge on any atom is 0.255 e. The highest BCUT2D eigenvalue weighted by atomic mass is 16.2. The zero-order valence-corrected chi connectivity index (χ0v) is 10.9. The number of aromatic nitrogens is 3. The molecule has 0 aromatic carbocycles. The quantitative estimate of drug-likeness (QED) is 0.845. The summed E-state index contributed by atoms with van der Waals surface area (Å²) in [6, 6.07) is 1.91. The van der Waals surface area contributed by atoms with E-state index in [4.69, 9.17) is 0 Å². The molecule has 2 aromatic rings. The lowest BCUT2D eigenvalue weighted by Crippen LogP contribution is -2.28. The van der Waals surface area contributed by atoms with Crippen LogP contribution in [-0.2, 0) is 0 Å². The molecule has 4 rings (SSSR count). The average Bonchev–Trinajstić information content (AvgIpc) is 2.91. The molecular weight excluding hydrogens is 240 g/mol. The van der Waals surface area contributed by atoms with Crippen molar-refractivity contribution in [1.82, 2.24) is 20.1 Å². The molecule has 1 aliphatic carbocycles. The van der Waals surface area contributed by atoms with Crippen LogP contribution in [0.25, 0.3) is 11.0 Å². The lowest BCUT2D eigenvalue weighted by molar-refractivity contribution is 0.0787. The number of rotatable bonds is 1. The van der Waals surface area contributed by atoms with Crippen LogP contribution in [-0.4, -0.2) is 39.1 Å². The lowest BCUT2D eigenvalue weighted by Gasteiger charge is -2.27. The molecule has 98 valence electrons. The second-order valence-corrected chi connectivity index (χ2v) is 5.75. The number of carbonyl (C=O) groups excluding carboxylic acids is 1. The van der Waals surface area contributed by atoms with Crippen LogP contribution in [0.2, 0.25) is 0 Å². The topological polar surface area (TPSA) is 61.9 Å². The predicted molar refractivity (Wildman–Crippen MR) is 70.7 cm³/mol. The van der Waals surface area contributed by atoms with Crippen molar-refractivity contribution in [2.45, 2.75) is 19.8 Å². The van der Waals surface area contributed by atoms with Crippen molar-refractivity contribution in [3.63, 3.8) is 0 Å². The number of likely N-dealkylation sites (tertiary alicyclic amines) is 1. The Morgan fingerprint density at radius 1 is 1.37 bits per heavy atom. The summed E-state index contributed by atoms with van der Waals surface area (Å²) in [5.41, 5.74) is 2.31. The zero-order valence-electron chi connectivity index (χ0n) is 10.9. The maximum absolute atomic E-state index is 12.5. The summed E-state index contributed by atoms with van der Waals surface area (Å²) in [6.45, 7) is 3.79. The van der Waals surface area contributed by atoms with Gasteiger partial charge in [-0.15, -0.1) is 0 Å². The van der Waals surface area contributed by atoms with E-state index in [-0.39, 0.29) is 5.91 Å². The Kier molecular flexibility index (Phi) is 2.19. The van der Waals surface area contributed by atoms with E-state index >= 15 is 0 Å². The standard InChI is InChI=1S/C14H16N4O/c1-8-12-4-11(5-15-13(12)17-16-8)14(19)18-6-9-2-3-10(9)7-18/h4-5,9-10H,2-3,6-7H2,1H3,(H,15,16,17)/t9-,10+. The minimum absolute atomic E-state index is 0.115. The van der Waals surface area contributed by atoms with Crippen LogP contribution < -0.4 is 0 Å². The van der Waals surface area contributed by atoms with Crippen molar-refractivity contribution in [3.05, 3.63) is 23.5 Å². The Balaban J connectivity index is 1.65. The van der Waals surface area contributed by atoms with Crippen LogP contribution >= 0.6 is 0 Å². The molecule has 5 nitrogen and oxygen atoms in total. The Bertz CT molecular complexity index is 651. The van der Waals surface area contributed by atoms with Gasteiger partial charge in [-0.1, -0.05) is 0 Å². The summed E-state index contributed by atoms with van der Waals surface area (Å²) in [6.07, 6.45) is 4.21. The first-order chi connectivity index (χ1) is 9.22. The van der Waals surface area contributed by atoms with Crippen molar-refractivity contribution >= 4 is 16.9 Å². The van der Waals surface area contributed by atoms with Gasteiger partial charge in [0.25, 0.3) is 5.91 Å². The molecule has 0 radical (unpaired) electrons. The van der Waals surface area contributed by atoms with Crippen LogP contribution in [0.3, 0.4) is 0 Å². The van der Waals surface area contributed by atoms with Gasteiger partial charge in [-0.2, -0.15) is 5.10 Å². The third-order valence-corrected chi connectivity index (χ3v) is 4.62. The fourth-order valence-electron chi connectivity index (χ4n) is 3.24. The van der Waals surface area contributed by atoms with E-state index in [0.717, 1.165) is 36.0 Å². The molecule has 1 aliphatic heterocycles. The third-order valence-electron chi connectivity index (χ3n) is 4.62. The highest BCUT2D eigenvalue weighted by Gasteiger charge is 2.41. The molecule has 5 heteroatoms. The fourth-order valence-corrected chi connectivity index (χ4v) is 3.24. The maximum atomic E-state index is 12.5. The van der Waals surface area contributed by atoms with Gasteiger partial charge in [-0.05, 0) is 37.7 Å². The van der Waals surface area contributed by atoms with Crippen LogP contribution in [0.4, 0.5) is 0 Å². The van der Waals surface area contributed by atoms with Gasteiger partial charge in [-0.25, -0.2) is 4.98 Å². The van der Waals surface area contributed by atoms with E-state index in [2.05, 4.69) is 15.2 Å². The summed E-state index contributed by atoms with van der Waals surface area (Å²) < 4.78 is 0. The Morgan fingerprint density at radius 3 is 2.79 bits per heavy atom. The number of H-pyrrole nitrogens is 1. The van der Waals surface area contributed by atoms with E-state index in [9.17, 15) is 4.79 Å². The molecule has 2 aliphatic rings. The molecule has 1 saturated heterocycles. The number of hydrogen-bond donors (Lipinski definition) is 1. The lowest BCUT2D eigenvalue weighted by atomic mass is 9.77. The summed E-state index contributed by atoms with van der Waals surface area (Å²) in [5.74, 6) is 1.61. The van der Waals surface area contributed by atoms with Crippen LogP contribution in [0.5, 0.6) is 0 Å². The van der Waals surface area contributed by atoms with Gasteiger partial charge >= 0.3 is 0 Å². The molecule has 1 amide bonds. The van der Waals surface area contributed by atoms with Gasteiger partial charge in [0.05, 0.1) is 5.56 Å². The Morgan fingerprint density at radius 2 is 2.11 bits per heavy atom. The van der Waals surface area contributed by atoms with Crippen molar-refractivity contribution in [3.8, 4) is 0 Å². The predicted octanol–water partition coefficient (Wildman–Crippen LogP) is 1.75. The molecule has 0 unspecified atom stereocenters. The van der Waals surface area contributed by atoms with Gasteiger partial charge in [-0.3, -0.25) is 9.89 Å². The van der Waals surface area contributed by atoms with Gasteiger partial charge in [0, 0.05) is 30.4 Å². The van der Waals surface area contributed by atoms with Crippen molar-refractivity contribution in [1.29, 1.82) is 0 Å². The molecule has 0 spiro atoms. The molecule has 2 fully saturated rings. The molecule has 2 aromatic heterocycles. The summed E-state index contributed by atoms with van der Waals surface area (Å²) in [5, 5.41) is 7.93. The Hall–Kier alpha value is -1.91. The first kappa shape index (κ1) is 11.0. The third kappa shape index (κ3) is 1.57. The second-order valence-electron chi connectivity index (χ2n) is 5.75. The van der Waals surface area contributed by atoms with E-state index in [1.807, 2.05) is 17.9 Å². The average molecular weight is 256 g/mol. The smallest absolute Gasteiger partial charge is 0.255 e. The van der Waals surface area contributed by atoms with E-state index < -0.39 is 0 Å². The van der Waals surface area contributed by atoms with Crippen molar-refractivity contribution in [2.75, 3.05) is 13.1 Å². The molecule has 1 N–H and O–H groups in total. The summed E-state index contributed by atoms with van der Waals surface area (Å²) in [4.78, 5) is 18.7. The number of amides is 1. The van der Waals surface area contributed by atoms with Gasteiger partial charge < -0.3 is 4.90 Å². The highest BCUT2D eigenvalue weighted by Crippen LogP contribution is 2.40. The van der Waals surface area contributed by atoms with Crippen molar-refractivity contribution < 1.29 is 4.79 Å². The number of pyridine rings is 1. The molecule has 3 heterocycles. The summed E-state index contributed by atoms with van der Waals surface area (Å²) in [7, 11) is 0. The minimum atomic E-state index is 0.115. The number of aryl methyl sites for hydroxylation is 1. The van der Waals surface area contributed by atoms with Crippen LogP contribution in [0.15, 0.2) is 12.3 Å². The minimum Gasteiger partial charge on any atom is -0.338 e. The number of nitrogens with zero attached hydrogens (tertiary/aromatic N) is 3. The SMILES string of the molecule is Cc1[nH]nc2ncc(C(=O)N3C[C@H]4CC[C@H]4C3)cc12. The molecule has 19 heavy (non-hydrogen) atoms. The molecule has 1 saturated carbocycles. The number of hydrogen-bond acceptors (Lipinski definition) is 3. The number of fused-ring (bicyclic) bond motifs is 2. The highest BCUT2D eigenvalue weighted by molar-refractivity contribution is 5.97. The van der Waals surface area contributed by atoms with Crippen LogP contribution in [0, 0.1) is 18.8 Å². The second kappa shape index (κ2) is 3.79. The number of aromatic amines is 1. The molecular formula is C14H16N4O. The zero-order chi connectivity index (χ0) is 13.0. The van der Waals surface area contributed by atoms with Gasteiger partial charge in [0.1, 0.15) is 0 Å². The van der Waals surface area contributed by atoms with E-state index in [1.54, 1.807) is 6.20 Å².